The third kappa shape index (κ3) is 4.80. The van der Waals surface area contributed by atoms with Crippen LogP contribution in [-0.2, 0) is 19.1 Å². The summed E-state index contributed by atoms with van der Waals surface area (Å²) in [4.78, 5) is 23.6. The summed E-state index contributed by atoms with van der Waals surface area (Å²) in [6.45, 7) is 10.2. The second-order valence-corrected chi connectivity index (χ2v) is 8.96. The van der Waals surface area contributed by atoms with E-state index in [1.165, 1.54) is 6.42 Å². The maximum absolute atomic E-state index is 12.0. The summed E-state index contributed by atoms with van der Waals surface area (Å²) in [5.74, 6) is -0.248. The molecule has 0 spiro atoms. The van der Waals surface area contributed by atoms with E-state index in [0.29, 0.717) is 23.5 Å². The predicted octanol–water partition coefficient (Wildman–Crippen LogP) is 3.65. The van der Waals surface area contributed by atoms with Crippen LogP contribution in [0.25, 0.3) is 0 Å². The molecule has 1 aliphatic carbocycles. The third-order valence-electron chi connectivity index (χ3n) is 5.37. The average Bonchev–Trinajstić information content (AvgIpc) is 2.78. The molecule has 1 aliphatic heterocycles. The fourth-order valence-corrected chi connectivity index (χ4v) is 4.15. The molecule has 0 amide bonds. The van der Waals surface area contributed by atoms with E-state index in [0.717, 1.165) is 12.8 Å². The number of aliphatic carboxylic acids is 1. The number of ether oxygens (including phenoxy) is 2. The molecule has 1 saturated carbocycles. The fraction of sp³-hybridized carbons (Fsp3) is 0.789. The highest BCUT2D eigenvalue weighted by molar-refractivity contribution is 9.12. The number of cyclic esters (lactones) is 1. The SMILES string of the molecule is CC(C)[C@H](NC1=C(Br)C(=O)O[C@@H]1O[C@@H]1C[C@H](C)CC[C@H]1C(C)C)C(=O)O. The maximum atomic E-state index is 12.0. The lowest BCUT2D eigenvalue weighted by atomic mass is 9.75. The van der Waals surface area contributed by atoms with Gasteiger partial charge in [0, 0.05) is 0 Å². The Morgan fingerprint density at radius 1 is 1.31 bits per heavy atom. The van der Waals surface area contributed by atoms with Gasteiger partial charge in [-0.15, -0.1) is 0 Å². The quantitative estimate of drug-likeness (QED) is 0.598. The van der Waals surface area contributed by atoms with E-state index >= 15 is 0 Å². The Bertz CT molecular complexity index is 574. The number of esters is 1. The van der Waals surface area contributed by atoms with Gasteiger partial charge in [0.15, 0.2) is 0 Å². The molecule has 0 saturated heterocycles. The molecular formula is C19H30BrNO5. The Morgan fingerprint density at radius 2 is 1.96 bits per heavy atom. The first-order chi connectivity index (χ1) is 12.1. The number of nitrogens with one attached hydrogen (secondary N) is 1. The monoisotopic (exact) mass is 431 g/mol. The normalized spacial score (nSPS) is 30.7. The minimum atomic E-state index is -0.975. The molecule has 0 radical (unpaired) electrons. The zero-order valence-electron chi connectivity index (χ0n) is 16.1. The van der Waals surface area contributed by atoms with Crippen LogP contribution in [0.3, 0.4) is 0 Å². The number of halogens is 1. The van der Waals surface area contributed by atoms with E-state index in [2.05, 4.69) is 42.0 Å². The van der Waals surface area contributed by atoms with Crippen molar-refractivity contribution in [3.8, 4) is 0 Å². The van der Waals surface area contributed by atoms with Gasteiger partial charge in [0.25, 0.3) is 0 Å². The molecule has 7 heteroatoms. The second-order valence-electron chi connectivity index (χ2n) is 8.17. The first-order valence-corrected chi connectivity index (χ1v) is 10.2. The standard InChI is InChI=1S/C19H30BrNO5/c1-9(2)12-7-6-11(5)8-13(12)25-19-16(14(20)18(24)26-19)21-15(10(3)4)17(22)23/h9-13,15,19,21H,6-8H2,1-5H3,(H,22,23)/t11-,12+,13-,15+,19+/m1/s1. The van der Waals surface area contributed by atoms with Crippen molar-refractivity contribution in [2.45, 2.75) is 72.3 Å². The van der Waals surface area contributed by atoms with Crippen LogP contribution in [0, 0.1) is 23.7 Å². The number of rotatable bonds is 7. The summed E-state index contributed by atoms with van der Waals surface area (Å²) < 4.78 is 11.8. The summed E-state index contributed by atoms with van der Waals surface area (Å²) in [5, 5.41) is 12.4. The molecular weight excluding hydrogens is 402 g/mol. The Morgan fingerprint density at radius 3 is 2.50 bits per heavy atom. The number of carbonyl (C=O) groups is 2. The molecule has 2 rings (SSSR count). The van der Waals surface area contributed by atoms with Gasteiger partial charge in [0.1, 0.15) is 16.2 Å². The van der Waals surface area contributed by atoms with Gasteiger partial charge in [-0.05, 0) is 52.4 Å². The molecule has 2 N–H and O–H groups in total. The van der Waals surface area contributed by atoms with Crippen molar-refractivity contribution >= 4 is 27.9 Å². The average molecular weight is 432 g/mol. The number of hydrogen-bond acceptors (Lipinski definition) is 5. The van der Waals surface area contributed by atoms with E-state index in [1.807, 2.05) is 13.8 Å². The molecule has 0 aromatic rings. The molecule has 2 aliphatic rings. The molecule has 0 unspecified atom stereocenters. The zero-order chi connectivity index (χ0) is 19.6. The van der Waals surface area contributed by atoms with E-state index in [1.54, 1.807) is 0 Å². The van der Waals surface area contributed by atoms with Crippen LogP contribution in [0.1, 0.15) is 53.9 Å². The molecule has 0 bridgehead atoms. The molecule has 5 atom stereocenters. The van der Waals surface area contributed by atoms with Gasteiger partial charge < -0.3 is 19.9 Å². The van der Waals surface area contributed by atoms with E-state index in [9.17, 15) is 14.7 Å². The van der Waals surface area contributed by atoms with E-state index in [4.69, 9.17) is 9.47 Å². The van der Waals surface area contributed by atoms with Crippen molar-refractivity contribution < 1.29 is 24.2 Å². The largest absolute Gasteiger partial charge is 0.480 e. The first-order valence-electron chi connectivity index (χ1n) is 9.37. The van der Waals surface area contributed by atoms with Crippen molar-refractivity contribution in [1.29, 1.82) is 0 Å². The minimum absolute atomic E-state index is 0.0194. The van der Waals surface area contributed by atoms with Crippen LogP contribution in [-0.4, -0.2) is 35.5 Å². The van der Waals surface area contributed by atoms with Crippen molar-refractivity contribution in [2.24, 2.45) is 23.7 Å². The van der Waals surface area contributed by atoms with E-state index < -0.39 is 24.3 Å². The topological polar surface area (TPSA) is 84.9 Å². The summed E-state index contributed by atoms with van der Waals surface area (Å²) in [5.41, 5.74) is 0.372. The Hall–Kier alpha value is -1.08. The Kier molecular flexibility index (Phi) is 7.13. The highest BCUT2D eigenvalue weighted by Gasteiger charge is 2.41. The van der Waals surface area contributed by atoms with Crippen LogP contribution >= 0.6 is 15.9 Å². The number of carboxylic acid groups (broad SMARTS) is 1. The highest BCUT2D eigenvalue weighted by atomic mass is 79.9. The molecule has 26 heavy (non-hydrogen) atoms. The highest BCUT2D eigenvalue weighted by Crippen LogP contribution is 2.38. The van der Waals surface area contributed by atoms with Gasteiger partial charge in [-0.25, -0.2) is 9.59 Å². The first kappa shape index (κ1) is 21.2. The molecule has 1 fully saturated rings. The predicted molar refractivity (Wildman–Crippen MR) is 101 cm³/mol. The molecule has 0 aromatic heterocycles. The van der Waals surface area contributed by atoms with Crippen LogP contribution < -0.4 is 5.32 Å². The van der Waals surface area contributed by atoms with Crippen molar-refractivity contribution in [3.05, 3.63) is 10.2 Å². The van der Waals surface area contributed by atoms with Gasteiger partial charge in [-0.2, -0.15) is 0 Å². The van der Waals surface area contributed by atoms with Crippen LogP contribution in [0.5, 0.6) is 0 Å². The minimum Gasteiger partial charge on any atom is -0.480 e. The second kappa shape index (κ2) is 8.74. The number of carbonyl (C=O) groups excluding carboxylic acids is 1. The lowest BCUT2D eigenvalue weighted by molar-refractivity contribution is -0.182. The number of carboxylic acids is 1. The van der Waals surface area contributed by atoms with Gasteiger partial charge in [0.05, 0.1) is 6.10 Å². The van der Waals surface area contributed by atoms with E-state index in [-0.39, 0.29) is 16.5 Å². The van der Waals surface area contributed by atoms with Gasteiger partial charge >= 0.3 is 11.9 Å². The Balaban J connectivity index is 2.19. The fourth-order valence-electron chi connectivity index (χ4n) is 3.76. The van der Waals surface area contributed by atoms with Crippen molar-refractivity contribution in [1.82, 2.24) is 5.32 Å². The molecule has 6 nitrogen and oxygen atoms in total. The lowest BCUT2D eigenvalue weighted by Gasteiger charge is -2.38. The zero-order valence-corrected chi connectivity index (χ0v) is 17.7. The maximum Gasteiger partial charge on any atom is 0.349 e. The summed E-state index contributed by atoms with van der Waals surface area (Å²) >= 11 is 3.23. The summed E-state index contributed by atoms with van der Waals surface area (Å²) in [7, 11) is 0. The molecule has 148 valence electrons. The smallest absolute Gasteiger partial charge is 0.349 e. The van der Waals surface area contributed by atoms with Gasteiger partial charge in [-0.3, -0.25) is 0 Å². The summed E-state index contributed by atoms with van der Waals surface area (Å²) in [6.07, 6.45) is 2.25. The third-order valence-corrected chi connectivity index (χ3v) is 6.12. The van der Waals surface area contributed by atoms with Crippen LogP contribution in [0.4, 0.5) is 0 Å². The van der Waals surface area contributed by atoms with Crippen LogP contribution in [0.15, 0.2) is 10.2 Å². The Labute approximate surface area is 163 Å². The molecule has 0 aromatic carbocycles. The van der Waals surface area contributed by atoms with Crippen molar-refractivity contribution in [2.75, 3.05) is 0 Å². The van der Waals surface area contributed by atoms with Crippen molar-refractivity contribution in [3.63, 3.8) is 0 Å². The van der Waals surface area contributed by atoms with Gasteiger partial charge in [-0.1, -0.05) is 41.0 Å². The van der Waals surface area contributed by atoms with Gasteiger partial charge in [0.2, 0.25) is 6.29 Å². The summed E-state index contributed by atoms with van der Waals surface area (Å²) in [6, 6.07) is -0.829. The molecule has 1 heterocycles. The van der Waals surface area contributed by atoms with Crippen LogP contribution in [0.2, 0.25) is 0 Å². The number of hydrogen-bond donors (Lipinski definition) is 2. The lowest BCUT2D eigenvalue weighted by Crippen LogP contribution is -2.44.